The standard InChI is InChI=1S/C22H25NO3/c1-4-12-22(3,15(2)16-8-6-5-7-9-16)21(25)23-18-10-11-19-17(13-18)14-26-20(19)24/h5-11,13,15H,4,12,14H2,1-3H3,(H,23,25). The highest BCUT2D eigenvalue weighted by Crippen LogP contribution is 2.40. The number of ether oxygens (including phenoxy) is 1. The molecule has 0 aliphatic carbocycles. The lowest BCUT2D eigenvalue weighted by molar-refractivity contribution is -0.126. The molecule has 1 heterocycles. The summed E-state index contributed by atoms with van der Waals surface area (Å²) in [6.45, 7) is 6.51. The summed E-state index contributed by atoms with van der Waals surface area (Å²) < 4.78 is 5.03. The monoisotopic (exact) mass is 351 g/mol. The van der Waals surface area contributed by atoms with Crippen LogP contribution in [0, 0.1) is 5.41 Å². The highest BCUT2D eigenvalue weighted by Gasteiger charge is 2.39. The molecule has 0 spiro atoms. The summed E-state index contributed by atoms with van der Waals surface area (Å²) in [4.78, 5) is 24.8. The van der Waals surface area contributed by atoms with Gasteiger partial charge in [0.15, 0.2) is 0 Å². The summed E-state index contributed by atoms with van der Waals surface area (Å²) >= 11 is 0. The molecule has 3 rings (SSSR count). The van der Waals surface area contributed by atoms with Gasteiger partial charge in [0.2, 0.25) is 5.91 Å². The first-order valence-corrected chi connectivity index (χ1v) is 9.12. The molecule has 0 aromatic heterocycles. The minimum absolute atomic E-state index is 0.000829. The smallest absolute Gasteiger partial charge is 0.338 e. The van der Waals surface area contributed by atoms with Crippen LogP contribution in [0.5, 0.6) is 0 Å². The maximum Gasteiger partial charge on any atom is 0.338 e. The predicted molar refractivity (Wildman–Crippen MR) is 102 cm³/mol. The van der Waals surface area contributed by atoms with Gasteiger partial charge in [0.25, 0.3) is 0 Å². The van der Waals surface area contributed by atoms with Crippen molar-refractivity contribution in [2.75, 3.05) is 5.32 Å². The molecular formula is C22H25NO3. The average Bonchev–Trinajstić information content (AvgIpc) is 3.02. The molecule has 0 saturated heterocycles. The van der Waals surface area contributed by atoms with Gasteiger partial charge in [0.05, 0.1) is 11.0 Å². The van der Waals surface area contributed by atoms with Crippen molar-refractivity contribution >= 4 is 17.6 Å². The van der Waals surface area contributed by atoms with Crippen LogP contribution >= 0.6 is 0 Å². The highest BCUT2D eigenvalue weighted by molar-refractivity contribution is 5.98. The lowest BCUT2D eigenvalue weighted by atomic mass is 9.71. The van der Waals surface area contributed by atoms with Crippen molar-refractivity contribution < 1.29 is 14.3 Å². The van der Waals surface area contributed by atoms with E-state index in [9.17, 15) is 9.59 Å². The second kappa shape index (κ2) is 7.32. The molecule has 0 saturated carbocycles. The summed E-state index contributed by atoms with van der Waals surface area (Å²) in [7, 11) is 0. The fraction of sp³-hybridized carbons (Fsp3) is 0.364. The van der Waals surface area contributed by atoms with Gasteiger partial charge in [-0.05, 0) is 36.1 Å². The first-order chi connectivity index (χ1) is 12.5. The SMILES string of the molecule is CCCC(C)(C(=O)Nc1ccc2c(c1)COC2=O)C(C)c1ccccc1. The molecule has 0 bridgehead atoms. The van der Waals surface area contributed by atoms with Crippen LogP contribution in [0.4, 0.5) is 5.69 Å². The molecule has 1 N–H and O–H groups in total. The molecule has 2 unspecified atom stereocenters. The summed E-state index contributed by atoms with van der Waals surface area (Å²) in [5.74, 6) is -0.213. The van der Waals surface area contributed by atoms with Crippen LogP contribution in [0.3, 0.4) is 0 Å². The number of amides is 1. The van der Waals surface area contributed by atoms with Crippen LogP contribution in [0.15, 0.2) is 48.5 Å². The van der Waals surface area contributed by atoms with Crippen molar-refractivity contribution in [1.82, 2.24) is 0 Å². The Labute approximate surface area is 154 Å². The molecule has 4 nitrogen and oxygen atoms in total. The maximum atomic E-state index is 13.2. The van der Waals surface area contributed by atoms with Gasteiger partial charge < -0.3 is 10.1 Å². The average molecular weight is 351 g/mol. The third-order valence-corrected chi connectivity index (χ3v) is 5.49. The number of carbonyl (C=O) groups is 2. The molecule has 4 heteroatoms. The van der Waals surface area contributed by atoms with Crippen molar-refractivity contribution in [3.05, 3.63) is 65.2 Å². The molecule has 1 aliphatic rings. The third-order valence-electron chi connectivity index (χ3n) is 5.49. The topological polar surface area (TPSA) is 55.4 Å². The van der Waals surface area contributed by atoms with Crippen molar-refractivity contribution in [3.8, 4) is 0 Å². The molecule has 2 atom stereocenters. The number of carbonyl (C=O) groups excluding carboxylic acids is 2. The van der Waals surface area contributed by atoms with Gasteiger partial charge in [-0.15, -0.1) is 0 Å². The molecule has 1 amide bonds. The Morgan fingerprint density at radius 2 is 1.96 bits per heavy atom. The van der Waals surface area contributed by atoms with Gasteiger partial charge in [-0.3, -0.25) is 4.79 Å². The number of anilines is 1. The van der Waals surface area contributed by atoms with E-state index in [1.54, 1.807) is 12.1 Å². The summed E-state index contributed by atoms with van der Waals surface area (Å²) in [6.07, 6.45) is 1.72. The Morgan fingerprint density at radius 3 is 2.65 bits per heavy atom. The zero-order valence-corrected chi connectivity index (χ0v) is 15.5. The van der Waals surface area contributed by atoms with Crippen molar-refractivity contribution in [1.29, 1.82) is 0 Å². The number of esters is 1. The molecular weight excluding hydrogens is 326 g/mol. The van der Waals surface area contributed by atoms with Crippen molar-refractivity contribution in [2.24, 2.45) is 5.41 Å². The Kier molecular flexibility index (Phi) is 5.12. The Bertz CT molecular complexity index is 815. The first kappa shape index (κ1) is 18.2. The fourth-order valence-electron chi connectivity index (χ4n) is 3.64. The minimum atomic E-state index is -0.526. The predicted octanol–water partition coefficient (Wildman–Crippen LogP) is 4.91. The second-order valence-corrected chi connectivity index (χ2v) is 7.20. The van der Waals surface area contributed by atoms with E-state index in [0.717, 1.165) is 24.0 Å². The second-order valence-electron chi connectivity index (χ2n) is 7.20. The summed E-state index contributed by atoms with van der Waals surface area (Å²) in [5.41, 5.74) is 2.74. The Hall–Kier alpha value is -2.62. The van der Waals surface area contributed by atoms with E-state index in [-0.39, 0.29) is 24.4 Å². The first-order valence-electron chi connectivity index (χ1n) is 9.12. The van der Waals surface area contributed by atoms with Crippen LogP contribution in [-0.4, -0.2) is 11.9 Å². The van der Waals surface area contributed by atoms with Crippen LogP contribution in [0.1, 0.15) is 61.0 Å². The van der Waals surface area contributed by atoms with Crippen LogP contribution in [-0.2, 0) is 16.1 Å². The third kappa shape index (κ3) is 3.36. The van der Waals surface area contributed by atoms with Crippen LogP contribution in [0.25, 0.3) is 0 Å². The fourth-order valence-corrected chi connectivity index (χ4v) is 3.64. The lowest BCUT2D eigenvalue weighted by Gasteiger charge is -2.34. The van der Waals surface area contributed by atoms with E-state index >= 15 is 0 Å². The largest absolute Gasteiger partial charge is 0.457 e. The van der Waals surface area contributed by atoms with E-state index < -0.39 is 5.41 Å². The number of benzene rings is 2. The van der Waals surface area contributed by atoms with Crippen molar-refractivity contribution in [3.63, 3.8) is 0 Å². The molecule has 0 radical (unpaired) electrons. The van der Waals surface area contributed by atoms with E-state index in [4.69, 9.17) is 4.74 Å². The lowest BCUT2D eigenvalue weighted by Crippen LogP contribution is -2.38. The van der Waals surface area contributed by atoms with Crippen LogP contribution < -0.4 is 5.32 Å². The van der Waals surface area contributed by atoms with E-state index in [2.05, 4.69) is 31.3 Å². The number of hydrogen-bond donors (Lipinski definition) is 1. The molecule has 2 aromatic rings. The van der Waals surface area contributed by atoms with Gasteiger partial charge in [0.1, 0.15) is 6.61 Å². The highest BCUT2D eigenvalue weighted by atomic mass is 16.5. The molecule has 0 fully saturated rings. The minimum Gasteiger partial charge on any atom is -0.457 e. The van der Waals surface area contributed by atoms with E-state index in [1.165, 1.54) is 0 Å². The zero-order chi connectivity index (χ0) is 18.7. The number of cyclic esters (lactones) is 1. The molecule has 1 aliphatic heterocycles. The van der Waals surface area contributed by atoms with Gasteiger partial charge >= 0.3 is 5.97 Å². The van der Waals surface area contributed by atoms with Crippen molar-refractivity contribution in [2.45, 2.75) is 46.1 Å². The number of nitrogens with one attached hydrogen (secondary N) is 1. The molecule has 2 aromatic carbocycles. The maximum absolute atomic E-state index is 13.2. The van der Waals surface area contributed by atoms with E-state index in [0.29, 0.717) is 11.3 Å². The van der Waals surface area contributed by atoms with Gasteiger partial charge in [-0.25, -0.2) is 4.79 Å². The van der Waals surface area contributed by atoms with E-state index in [1.807, 2.05) is 31.2 Å². The quantitative estimate of drug-likeness (QED) is 0.753. The summed E-state index contributed by atoms with van der Waals surface area (Å²) in [5, 5.41) is 3.06. The molecule has 26 heavy (non-hydrogen) atoms. The normalized spacial score (nSPS) is 16.3. The van der Waals surface area contributed by atoms with Gasteiger partial charge in [-0.1, -0.05) is 57.5 Å². The molecule has 136 valence electrons. The number of fused-ring (bicyclic) bond motifs is 1. The number of rotatable bonds is 6. The number of hydrogen-bond acceptors (Lipinski definition) is 3. The van der Waals surface area contributed by atoms with Gasteiger partial charge in [0, 0.05) is 11.3 Å². The van der Waals surface area contributed by atoms with Gasteiger partial charge in [-0.2, -0.15) is 0 Å². The zero-order valence-electron chi connectivity index (χ0n) is 15.5. The van der Waals surface area contributed by atoms with Crippen LogP contribution in [0.2, 0.25) is 0 Å². The Morgan fingerprint density at radius 1 is 1.23 bits per heavy atom. The Balaban J connectivity index is 1.84. The summed E-state index contributed by atoms with van der Waals surface area (Å²) in [6, 6.07) is 15.5.